The molecule has 0 aliphatic carbocycles. The lowest BCUT2D eigenvalue weighted by atomic mass is 10.3. The van der Waals surface area contributed by atoms with Crippen molar-refractivity contribution in [2.24, 2.45) is 0 Å². The average Bonchev–Trinajstić information content (AvgIpc) is 1.88. The lowest BCUT2D eigenvalue weighted by Crippen LogP contribution is -1.89. The van der Waals surface area contributed by atoms with Gasteiger partial charge in [-0.2, -0.15) is 0 Å². The minimum atomic E-state index is -0.131. The van der Waals surface area contributed by atoms with Crippen LogP contribution in [0.4, 0.5) is 0 Å². The van der Waals surface area contributed by atoms with E-state index in [9.17, 15) is 0 Å². The lowest BCUT2D eigenvalue weighted by molar-refractivity contribution is 1.01. The topological polar surface area (TPSA) is 25.8 Å². The summed E-state index contributed by atoms with van der Waals surface area (Å²) in [5.41, 5.74) is 0.769. The van der Waals surface area contributed by atoms with E-state index in [1.54, 1.807) is 6.20 Å². The third kappa shape index (κ3) is 1.58. The van der Waals surface area contributed by atoms with Gasteiger partial charge in [-0.3, -0.25) is 0 Å². The van der Waals surface area contributed by atoms with E-state index in [0.29, 0.717) is 5.15 Å². The smallest absolute Gasteiger partial charge is 0.137 e. The first-order valence-corrected chi connectivity index (χ1v) is 3.62. The van der Waals surface area contributed by atoms with Crippen molar-refractivity contribution >= 4 is 23.2 Å². The van der Waals surface area contributed by atoms with Gasteiger partial charge in [0.15, 0.2) is 0 Å². The van der Waals surface area contributed by atoms with Gasteiger partial charge in [0.1, 0.15) is 11.5 Å². The molecule has 0 bridgehead atoms. The Bertz CT molecular complexity index is 225. The largest absolute Gasteiger partial charge is 0.244 e. The molecule has 1 aromatic rings. The molecule has 1 unspecified atom stereocenters. The molecule has 0 N–H and O–H groups in total. The van der Waals surface area contributed by atoms with Crippen LogP contribution in [0.15, 0.2) is 12.5 Å². The van der Waals surface area contributed by atoms with Crippen LogP contribution in [0.1, 0.15) is 17.9 Å². The van der Waals surface area contributed by atoms with Crippen molar-refractivity contribution in [2.45, 2.75) is 12.3 Å². The normalized spacial score (nSPS) is 13.1. The molecule has 10 heavy (non-hydrogen) atoms. The summed E-state index contributed by atoms with van der Waals surface area (Å²) < 4.78 is 0. The van der Waals surface area contributed by atoms with Crippen LogP contribution in [0.3, 0.4) is 0 Å². The Balaban J connectivity index is 3.03. The summed E-state index contributed by atoms with van der Waals surface area (Å²) in [5.74, 6) is 0. The number of rotatable bonds is 1. The third-order valence-corrected chi connectivity index (χ3v) is 1.67. The highest BCUT2D eigenvalue weighted by Crippen LogP contribution is 2.23. The Morgan fingerprint density at radius 2 is 2.30 bits per heavy atom. The highest BCUT2D eigenvalue weighted by Gasteiger charge is 2.05. The molecule has 1 aromatic heterocycles. The zero-order valence-electron chi connectivity index (χ0n) is 5.38. The minimum absolute atomic E-state index is 0.131. The molecule has 0 saturated heterocycles. The second kappa shape index (κ2) is 3.17. The molecular formula is C6H6Cl2N2. The van der Waals surface area contributed by atoms with Gasteiger partial charge < -0.3 is 0 Å². The van der Waals surface area contributed by atoms with Crippen LogP contribution < -0.4 is 0 Å². The third-order valence-electron chi connectivity index (χ3n) is 1.12. The van der Waals surface area contributed by atoms with Crippen molar-refractivity contribution < 1.29 is 0 Å². The number of halogens is 2. The van der Waals surface area contributed by atoms with Crippen molar-refractivity contribution in [3.63, 3.8) is 0 Å². The molecule has 1 rings (SSSR count). The van der Waals surface area contributed by atoms with Crippen LogP contribution in [0.25, 0.3) is 0 Å². The molecule has 0 amide bonds. The van der Waals surface area contributed by atoms with E-state index < -0.39 is 0 Å². The van der Waals surface area contributed by atoms with Gasteiger partial charge in [0.25, 0.3) is 0 Å². The first-order chi connectivity index (χ1) is 4.72. The summed E-state index contributed by atoms with van der Waals surface area (Å²) in [5, 5.41) is 0.297. The lowest BCUT2D eigenvalue weighted by Gasteiger charge is -2.01. The van der Waals surface area contributed by atoms with Crippen molar-refractivity contribution in [2.75, 3.05) is 0 Å². The predicted octanol–water partition coefficient (Wildman–Crippen LogP) is 2.43. The Hall–Kier alpha value is -0.340. The highest BCUT2D eigenvalue weighted by molar-refractivity contribution is 6.31. The molecule has 4 heteroatoms. The molecule has 0 spiro atoms. The molecule has 0 saturated carbocycles. The number of nitrogens with zero attached hydrogens (tertiary/aromatic N) is 2. The maximum atomic E-state index is 5.74. The Morgan fingerprint density at radius 1 is 1.60 bits per heavy atom. The molecule has 54 valence electrons. The summed E-state index contributed by atoms with van der Waals surface area (Å²) in [7, 11) is 0. The molecule has 0 aliphatic rings. The van der Waals surface area contributed by atoms with Gasteiger partial charge >= 0.3 is 0 Å². The van der Waals surface area contributed by atoms with Crippen LogP contribution in [0.2, 0.25) is 5.15 Å². The van der Waals surface area contributed by atoms with Crippen molar-refractivity contribution in [1.29, 1.82) is 0 Å². The fourth-order valence-electron chi connectivity index (χ4n) is 0.592. The number of hydrogen-bond acceptors (Lipinski definition) is 2. The van der Waals surface area contributed by atoms with Gasteiger partial charge in [-0.15, -0.1) is 11.6 Å². The molecule has 0 fully saturated rings. The van der Waals surface area contributed by atoms with Crippen molar-refractivity contribution in [3.8, 4) is 0 Å². The zero-order valence-corrected chi connectivity index (χ0v) is 6.89. The Morgan fingerprint density at radius 3 is 2.70 bits per heavy atom. The average molecular weight is 177 g/mol. The van der Waals surface area contributed by atoms with Crippen LogP contribution in [-0.2, 0) is 0 Å². The number of hydrogen-bond donors (Lipinski definition) is 0. The van der Waals surface area contributed by atoms with E-state index in [0.717, 1.165) is 5.56 Å². The zero-order chi connectivity index (χ0) is 7.56. The molecule has 0 aliphatic heterocycles. The van der Waals surface area contributed by atoms with Crippen molar-refractivity contribution in [1.82, 2.24) is 9.97 Å². The first kappa shape index (κ1) is 7.76. The summed E-state index contributed by atoms with van der Waals surface area (Å²) in [6, 6.07) is 0. The molecule has 1 heterocycles. The quantitative estimate of drug-likeness (QED) is 0.486. The van der Waals surface area contributed by atoms with E-state index in [-0.39, 0.29) is 5.38 Å². The van der Waals surface area contributed by atoms with E-state index >= 15 is 0 Å². The molecule has 2 nitrogen and oxygen atoms in total. The maximum Gasteiger partial charge on any atom is 0.137 e. The van der Waals surface area contributed by atoms with Gasteiger partial charge in [-0.05, 0) is 6.92 Å². The van der Waals surface area contributed by atoms with Crippen LogP contribution >= 0.6 is 23.2 Å². The van der Waals surface area contributed by atoms with E-state index in [4.69, 9.17) is 23.2 Å². The van der Waals surface area contributed by atoms with Gasteiger partial charge in [0, 0.05) is 11.8 Å². The van der Waals surface area contributed by atoms with Crippen LogP contribution in [0, 0.1) is 0 Å². The Kier molecular flexibility index (Phi) is 2.46. The summed E-state index contributed by atoms with van der Waals surface area (Å²) in [4.78, 5) is 7.56. The number of aromatic nitrogens is 2. The fraction of sp³-hybridized carbons (Fsp3) is 0.333. The molecule has 0 radical (unpaired) electrons. The van der Waals surface area contributed by atoms with Gasteiger partial charge in [-0.25, -0.2) is 9.97 Å². The summed E-state index contributed by atoms with van der Waals surface area (Å²) in [6.45, 7) is 1.83. The van der Waals surface area contributed by atoms with E-state index in [1.165, 1.54) is 6.33 Å². The SMILES string of the molecule is CC(Cl)c1cncnc1Cl. The standard InChI is InChI=1S/C6H6Cl2N2/c1-4(7)5-2-9-3-10-6(5)8/h2-4H,1H3. The molecule has 0 aromatic carbocycles. The minimum Gasteiger partial charge on any atom is -0.244 e. The number of alkyl halides is 1. The van der Waals surface area contributed by atoms with E-state index in [1.807, 2.05) is 6.92 Å². The summed E-state index contributed by atoms with van der Waals surface area (Å²) >= 11 is 11.4. The second-order valence-electron chi connectivity index (χ2n) is 1.88. The maximum absolute atomic E-state index is 5.74. The van der Waals surface area contributed by atoms with Gasteiger partial charge in [0.05, 0.1) is 5.38 Å². The van der Waals surface area contributed by atoms with Gasteiger partial charge in [-0.1, -0.05) is 11.6 Å². The van der Waals surface area contributed by atoms with Crippen LogP contribution in [0.5, 0.6) is 0 Å². The van der Waals surface area contributed by atoms with E-state index in [2.05, 4.69) is 9.97 Å². The second-order valence-corrected chi connectivity index (χ2v) is 2.90. The molecular weight excluding hydrogens is 171 g/mol. The summed E-state index contributed by atoms with van der Waals surface area (Å²) in [6.07, 6.45) is 3.01. The molecule has 1 atom stereocenters. The van der Waals surface area contributed by atoms with Crippen LogP contribution in [-0.4, -0.2) is 9.97 Å². The van der Waals surface area contributed by atoms with Crippen molar-refractivity contribution in [3.05, 3.63) is 23.2 Å². The predicted molar refractivity (Wildman–Crippen MR) is 41.3 cm³/mol. The fourth-order valence-corrected chi connectivity index (χ4v) is 1.06. The van der Waals surface area contributed by atoms with Gasteiger partial charge in [0.2, 0.25) is 0 Å². The first-order valence-electron chi connectivity index (χ1n) is 2.81. The highest BCUT2D eigenvalue weighted by atomic mass is 35.5. The monoisotopic (exact) mass is 176 g/mol. The Labute approximate surface area is 69.2 Å².